The van der Waals surface area contributed by atoms with Gasteiger partial charge in [-0.05, 0) is 36.8 Å². The fourth-order valence-electron chi connectivity index (χ4n) is 3.46. The summed E-state index contributed by atoms with van der Waals surface area (Å²) in [5, 5.41) is 3.96. The summed E-state index contributed by atoms with van der Waals surface area (Å²) in [5.74, 6) is 0.695. The molecule has 6 nitrogen and oxygen atoms in total. The summed E-state index contributed by atoms with van der Waals surface area (Å²) in [6.07, 6.45) is 2.68. The van der Waals surface area contributed by atoms with Crippen molar-refractivity contribution in [3.05, 3.63) is 60.6 Å². The van der Waals surface area contributed by atoms with Crippen molar-refractivity contribution in [3.63, 3.8) is 0 Å². The molecule has 0 atom stereocenters. The van der Waals surface area contributed by atoms with Crippen LogP contribution in [0.4, 0.5) is 0 Å². The smallest absolute Gasteiger partial charge is 0.267 e. The summed E-state index contributed by atoms with van der Waals surface area (Å²) < 4.78 is 9.41. The number of amides is 1. The van der Waals surface area contributed by atoms with E-state index in [1.54, 1.807) is 7.11 Å². The topological polar surface area (TPSA) is 61.1 Å². The van der Waals surface area contributed by atoms with Gasteiger partial charge in [0, 0.05) is 25.5 Å². The van der Waals surface area contributed by atoms with Crippen molar-refractivity contribution in [1.82, 2.24) is 19.4 Å². The van der Waals surface area contributed by atoms with E-state index in [0.717, 1.165) is 40.7 Å². The van der Waals surface area contributed by atoms with Gasteiger partial charge in [0.15, 0.2) is 0 Å². The third kappa shape index (κ3) is 3.14. The van der Waals surface area contributed by atoms with Crippen molar-refractivity contribution in [2.75, 3.05) is 13.7 Å². The lowest BCUT2D eigenvalue weighted by Crippen LogP contribution is -2.26. The number of ether oxygens (including phenoxy) is 1. The Balaban J connectivity index is 1.41. The minimum Gasteiger partial charge on any atom is -0.496 e. The minimum absolute atomic E-state index is 0.0776. The zero-order chi connectivity index (χ0) is 18.8. The molecule has 1 amide bonds. The van der Waals surface area contributed by atoms with Crippen LogP contribution < -0.4 is 10.1 Å². The van der Waals surface area contributed by atoms with E-state index in [9.17, 15) is 4.79 Å². The van der Waals surface area contributed by atoms with Crippen LogP contribution in [0.3, 0.4) is 0 Å². The van der Waals surface area contributed by atoms with Crippen molar-refractivity contribution >= 4 is 27.8 Å². The molecule has 4 rings (SSSR count). The Morgan fingerprint density at radius 2 is 1.96 bits per heavy atom. The summed E-state index contributed by atoms with van der Waals surface area (Å²) in [6.45, 7) is 1.41. The number of nitrogens with zero attached hydrogens (tertiary/aromatic N) is 3. The first-order valence-electron chi connectivity index (χ1n) is 8.99. The molecule has 0 aliphatic carbocycles. The summed E-state index contributed by atoms with van der Waals surface area (Å²) in [4.78, 5) is 17.0. The highest BCUT2D eigenvalue weighted by molar-refractivity contribution is 6.00. The first kappa shape index (κ1) is 17.1. The zero-order valence-corrected chi connectivity index (χ0v) is 15.5. The second-order valence-corrected chi connectivity index (χ2v) is 6.52. The van der Waals surface area contributed by atoms with Gasteiger partial charge in [0.2, 0.25) is 0 Å². The van der Waals surface area contributed by atoms with Crippen molar-refractivity contribution in [2.45, 2.75) is 13.0 Å². The molecule has 2 heterocycles. The monoisotopic (exact) mass is 362 g/mol. The highest BCUT2D eigenvalue weighted by Crippen LogP contribution is 2.28. The maximum atomic E-state index is 12.6. The predicted octanol–water partition coefficient (Wildman–Crippen LogP) is 3.36. The minimum atomic E-state index is -0.0776. The number of carbonyl (C=O) groups is 1. The Kier molecular flexibility index (Phi) is 4.54. The van der Waals surface area contributed by atoms with Crippen LogP contribution >= 0.6 is 0 Å². The van der Waals surface area contributed by atoms with Crippen LogP contribution in [0.1, 0.15) is 16.9 Å². The van der Waals surface area contributed by atoms with Crippen molar-refractivity contribution in [2.24, 2.45) is 7.05 Å². The first-order chi connectivity index (χ1) is 13.2. The molecule has 2 aromatic carbocycles. The van der Waals surface area contributed by atoms with Crippen LogP contribution in [0.2, 0.25) is 0 Å². The Hall–Kier alpha value is -3.28. The third-order valence-corrected chi connectivity index (χ3v) is 4.89. The number of aromatic nitrogens is 3. The van der Waals surface area contributed by atoms with Crippen molar-refractivity contribution < 1.29 is 9.53 Å². The quantitative estimate of drug-likeness (QED) is 0.535. The number of imidazole rings is 1. The molecule has 0 bridgehead atoms. The van der Waals surface area contributed by atoms with Crippen molar-refractivity contribution in [1.29, 1.82) is 0 Å². The van der Waals surface area contributed by atoms with Gasteiger partial charge in [-0.1, -0.05) is 18.2 Å². The standard InChI is InChI=1S/C21H22N4O2/c1-24-17-9-5-10-20(27-2)15(17)13-19(24)21(26)22-11-6-12-25-14-23-16-7-3-4-8-18(16)25/h3-5,7-10,13-14H,6,11-12H2,1-2H3,(H,22,26). The van der Waals surface area contributed by atoms with Crippen LogP contribution in [0, 0.1) is 0 Å². The van der Waals surface area contributed by atoms with E-state index in [0.29, 0.717) is 12.2 Å². The van der Waals surface area contributed by atoms with Gasteiger partial charge in [-0.15, -0.1) is 0 Å². The number of methoxy groups -OCH3 is 1. The zero-order valence-electron chi connectivity index (χ0n) is 15.5. The lowest BCUT2D eigenvalue weighted by Gasteiger charge is -2.08. The van der Waals surface area contributed by atoms with Crippen LogP contribution in [-0.2, 0) is 13.6 Å². The van der Waals surface area contributed by atoms with E-state index in [2.05, 4.69) is 20.9 Å². The molecule has 0 spiro atoms. The molecule has 27 heavy (non-hydrogen) atoms. The molecule has 0 radical (unpaired) electrons. The van der Waals surface area contributed by atoms with E-state index >= 15 is 0 Å². The number of benzene rings is 2. The normalized spacial score (nSPS) is 11.2. The van der Waals surface area contributed by atoms with Gasteiger partial charge in [-0.2, -0.15) is 0 Å². The second-order valence-electron chi connectivity index (χ2n) is 6.52. The van der Waals surface area contributed by atoms with Crippen LogP contribution in [0.25, 0.3) is 21.9 Å². The summed E-state index contributed by atoms with van der Waals surface area (Å²) in [6, 6.07) is 15.8. The number of nitrogens with one attached hydrogen (secondary N) is 1. The maximum absolute atomic E-state index is 12.6. The third-order valence-electron chi connectivity index (χ3n) is 4.89. The largest absolute Gasteiger partial charge is 0.496 e. The number of aryl methyl sites for hydroxylation is 2. The Bertz CT molecular complexity index is 1110. The first-order valence-corrected chi connectivity index (χ1v) is 8.99. The van der Waals surface area contributed by atoms with Crippen LogP contribution in [-0.4, -0.2) is 33.7 Å². The molecular formula is C21H22N4O2. The fourth-order valence-corrected chi connectivity index (χ4v) is 3.46. The lowest BCUT2D eigenvalue weighted by molar-refractivity contribution is 0.0945. The van der Waals surface area contributed by atoms with E-state index in [1.807, 2.05) is 60.4 Å². The molecule has 4 aromatic rings. The molecule has 6 heteroatoms. The molecule has 0 aliphatic rings. The molecule has 0 saturated heterocycles. The molecule has 2 aromatic heterocycles. The number of para-hydroxylation sites is 2. The van der Waals surface area contributed by atoms with E-state index < -0.39 is 0 Å². The van der Waals surface area contributed by atoms with E-state index in [1.165, 1.54) is 0 Å². The summed E-state index contributed by atoms with van der Waals surface area (Å²) in [7, 11) is 3.54. The summed E-state index contributed by atoms with van der Waals surface area (Å²) >= 11 is 0. The molecule has 0 unspecified atom stereocenters. The lowest BCUT2D eigenvalue weighted by atomic mass is 10.2. The summed E-state index contributed by atoms with van der Waals surface area (Å²) in [5.41, 5.74) is 3.71. The Labute approximate surface area is 157 Å². The van der Waals surface area contributed by atoms with Gasteiger partial charge >= 0.3 is 0 Å². The predicted molar refractivity (Wildman–Crippen MR) is 106 cm³/mol. The molecule has 0 saturated carbocycles. The number of fused-ring (bicyclic) bond motifs is 2. The van der Waals surface area contributed by atoms with E-state index in [-0.39, 0.29) is 5.91 Å². The average Bonchev–Trinajstić information content (AvgIpc) is 3.26. The Morgan fingerprint density at radius 1 is 1.15 bits per heavy atom. The maximum Gasteiger partial charge on any atom is 0.267 e. The highest BCUT2D eigenvalue weighted by Gasteiger charge is 2.15. The van der Waals surface area contributed by atoms with Gasteiger partial charge in [0.05, 0.1) is 30.0 Å². The average molecular weight is 362 g/mol. The molecule has 0 fully saturated rings. The Morgan fingerprint density at radius 3 is 2.81 bits per heavy atom. The van der Waals surface area contributed by atoms with Gasteiger partial charge in [0.1, 0.15) is 11.4 Å². The van der Waals surface area contributed by atoms with Gasteiger partial charge in [0.25, 0.3) is 5.91 Å². The molecule has 1 N–H and O–H groups in total. The SMILES string of the molecule is COc1cccc2c1cc(C(=O)NCCCn1cnc3ccccc31)n2C. The molecule has 0 aliphatic heterocycles. The highest BCUT2D eigenvalue weighted by atomic mass is 16.5. The second kappa shape index (κ2) is 7.15. The number of carbonyl (C=O) groups excluding carboxylic acids is 1. The number of hydrogen-bond acceptors (Lipinski definition) is 3. The number of rotatable bonds is 6. The van der Waals surface area contributed by atoms with Gasteiger partial charge < -0.3 is 19.2 Å². The van der Waals surface area contributed by atoms with Crippen molar-refractivity contribution in [3.8, 4) is 5.75 Å². The van der Waals surface area contributed by atoms with Gasteiger partial charge in [-0.25, -0.2) is 4.98 Å². The van der Waals surface area contributed by atoms with E-state index in [4.69, 9.17) is 4.74 Å². The van der Waals surface area contributed by atoms with Crippen LogP contribution in [0.15, 0.2) is 54.9 Å². The van der Waals surface area contributed by atoms with Gasteiger partial charge in [-0.3, -0.25) is 4.79 Å². The molecular weight excluding hydrogens is 340 g/mol. The molecule has 138 valence electrons. The van der Waals surface area contributed by atoms with Crippen LogP contribution in [0.5, 0.6) is 5.75 Å². The fraction of sp³-hybridized carbons (Fsp3) is 0.238. The number of hydrogen-bond donors (Lipinski definition) is 1.